The number of anilines is 2. The lowest BCUT2D eigenvalue weighted by Gasteiger charge is -2.31. The smallest absolute Gasteiger partial charge is 0.243 e. The van der Waals surface area contributed by atoms with Gasteiger partial charge in [-0.1, -0.05) is 6.07 Å². The maximum atomic E-state index is 14.8. The van der Waals surface area contributed by atoms with E-state index in [4.69, 9.17) is 0 Å². The van der Waals surface area contributed by atoms with Gasteiger partial charge in [-0.05, 0) is 44.0 Å². The van der Waals surface area contributed by atoms with Crippen molar-refractivity contribution < 1.29 is 12.8 Å². The molecule has 1 aromatic carbocycles. The molecule has 1 N–H and O–H groups in total. The summed E-state index contributed by atoms with van der Waals surface area (Å²) in [5.74, 6) is 0.644. The first kappa shape index (κ1) is 21.7. The zero-order chi connectivity index (χ0) is 23.2. The largest absolute Gasteiger partial charge is 0.350 e. The van der Waals surface area contributed by atoms with Gasteiger partial charge in [-0.2, -0.15) is 9.36 Å². The van der Waals surface area contributed by atoms with Crippen LogP contribution in [0.15, 0.2) is 41.4 Å². The number of halogens is 1. The van der Waals surface area contributed by atoms with Crippen LogP contribution in [0.2, 0.25) is 0 Å². The van der Waals surface area contributed by atoms with Crippen LogP contribution >= 0.6 is 11.5 Å². The van der Waals surface area contributed by atoms with Gasteiger partial charge < -0.3 is 10.2 Å². The number of nitrogens with one attached hydrogen (secondary N) is 1. The van der Waals surface area contributed by atoms with Gasteiger partial charge in [0.2, 0.25) is 11.1 Å². The van der Waals surface area contributed by atoms with Crippen molar-refractivity contribution in [3.05, 3.63) is 48.2 Å². The lowest BCUT2D eigenvalue weighted by atomic mass is 10.1. The van der Waals surface area contributed by atoms with E-state index < -0.39 is 15.7 Å². The molecule has 0 atom stereocenters. The summed E-state index contributed by atoms with van der Waals surface area (Å²) < 4.78 is 44.1. The van der Waals surface area contributed by atoms with E-state index in [-0.39, 0.29) is 16.5 Å². The number of aromatic nitrogens is 5. The third-order valence-electron chi connectivity index (χ3n) is 5.64. The maximum Gasteiger partial charge on any atom is 0.243 e. The van der Waals surface area contributed by atoms with Crippen molar-refractivity contribution in [2.45, 2.75) is 30.7 Å². The van der Waals surface area contributed by atoms with Crippen LogP contribution in [-0.2, 0) is 9.84 Å². The molecule has 0 amide bonds. The average Bonchev–Trinajstić information content (AvgIpc) is 3.39. The van der Waals surface area contributed by atoms with Gasteiger partial charge in [-0.15, -0.1) is 5.10 Å². The third-order valence-corrected chi connectivity index (χ3v) is 7.62. The fourth-order valence-electron chi connectivity index (χ4n) is 3.93. The zero-order valence-electron chi connectivity index (χ0n) is 18.1. The van der Waals surface area contributed by atoms with Crippen LogP contribution in [0.25, 0.3) is 16.8 Å². The van der Waals surface area contributed by atoms with E-state index >= 15 is 0 Å². The molecule has 3 aromatic heterocycles. The molecule has 0 saturated carbocycles. The number of aryl methyl sites for hydroxylation is 1. The van der Waals surface area contributed by atoms with Crippen LogP contribution in [0.5, 0.6) is 0 Å². The van der Waals surface area contributed by atoms with Gasteiger partial charge >= 0.3 is 0 Å². The van der Waals surface area contributed by atoms with Crippen molar-refractivity contribution in [3.8, 4) is 11.1 Å². The highest BCUT2D eigenvalue weighted by Gasteiger charge is 2.23. The lowest BCUT2D eigenvalue weighted by molar-refractivity contribution is 0.523. The van der Waals surface area contributed by atoms with E-state index in [0.29, 0.717) is 17.2 Å². The Morgan fingerprint density at radius 3 is 2.61 bits per heavy atom. The fourth-order valence-corrected chi connectivity index (χ4v) is 5.29. The first-order valence-electron chi connectivity index (χ1n) is 10.4. The molecule has 9 nitrogen and oxygen atoms in total. The van der Waals surface area contributed by atoms with Crippen LogP contribution in [0.1, 0.15) is 18.7 Å². The van der Waals surface area contributed by atoms with E-state index in [2.05, 4.69) is 29.7 Å². The maximum absolute atomic E-state index is 14.8. The van der Waals surface area contributed by atoms with E-state index in [1.165, 1.54) is 23.7 Å². The van der Waals surface area contributed by atoms with Gasteiger partial charge in [0, 0.05) is 54.2 Å². The average molecular weight is 488 g/mol. The van der Waals surface area contributed by atoms with E-state index in [0.717, 1.165) is 49.2 Å². The molecule has 0 unspecified atom stereocenters. The highest BCUT2D eigenvalue weighted by Crippen LogP contribution is 2.29. The second kappa shape index (κ2) is 8.34. The summed E-state index contributed by atoms with van der Waals surface area (Å²) >= 11 is 1.42. The highest BCUT2D eigenvalue weighted by atomic mass is 32.2. The second-order valence-corrected chi connectivity index (χ2v) is 10.8. The van der Waals surface area contributed by atoms with Gasteiger partial charge in [0.15, 0.2) is 15.5 Å². The molecule has 5 rings (SSSR count). The molecule has 33 heavy (non-hydrogen) atoms. The molecule has 0 bridgehead atoms. The van der Waals surface area contributed by atoms with Gasteiger partial charge in [0.05, 0.1) is 4.90 Å². The number of sulfone groups is 1. The lowest BCUT2D eigenvalue weighted by Crippen LogP contribution is -2.39. The van der Waals surface area contributed by atoms with Crippen molar-refractivity contribution in [1.29, 1.82) is 0 Å². The second-order valence-electron chi connectivity index (χ2n) is 8.07. The summed E-state index contributed by atoms with van der Waals surface area (Å²) in [7, 11) is -3.49. The van der Waals surface area contributed by atoms with Gasteiger partial charge in [0.1, 0.15) is 11.6 Å². The highest BCUT2D eigenvalue weighted by molar-refractivity contribution is 7.90. The molecule has 0 aliphatic carbocycles. The molecule has 0 spiro atoms. The summed E-state index contributed by atoms with van der Waals surface area (Å²) in [6.45, 7) is 3.62. The fraction of sp³-hybridized carbons (Fsp3) is 0.333. The summed E-state index contributed by atoms with van der Waals surface area (Å²) in [5, 5.41) is 8.85. The number of pyridine rings is 1. The number of rotatable bonds is 5. The van der Waals surface area contributed by atoms with Crippen molar-refractivity contribution >= 4 is 38.1 Å². The topological polar surface area (TPSA) is 105 Å². The van der Waals surface area contributed by atoms with E-state index in [1.54, 1.807) is 22.8 Å². The summed E-state index contributed by atoms with van der Waals surface area (Å²) in [6.07, 6.45) is 4.61. The normalized spacial score (nSPS) is 15.3. The first-order valence-corrected chi connectivity index (χ1v) is 13.1. The summed E-state index contributed by atoms with van der Waals surface area (Å²) in [6, 6.07) is 7.62. The Morgan fingerprint density at radius 2 is 1.94 bits per heavy atom. The quantitative estimate of drug-likeness (QED) is 0.458. The SMILES string of the molecule is Cc1nsc(N2CCC(Nc3nc4c(-c5ccc(S(C)(=O)=O)cc5F)cccn4n3)CC2)n1. The number of nitrogens with zero attached hydrogens (tertiary/aromatic N) is 6. The van der Waals surface area contributed by atoms with Gasteiger partial charge in [0.25, 0.3) is 0 Å². The minimum Gasteiger partial charge on any atom is -0.350 e. The molecule has 12 heteroatoms. The molecule has 4 aromatic rings. The van der Waals surface area contributed by atoms with Crippen molar-refractivity contribution in [1.82, 2.24) is 24.0 Å². The molecule has 4 heterocycles. The molecule has 1 aliphatic heterocycles. The predicted octanol–water partition coefficient (Wildman–Crippen LogP) is 3.18. The Labute approximate surface area is 194 Å². The Bertz CT molecular complexity index is 1430. The van der Waals surface area contributed by atoms with Crippen molar-refractivity contribution in [2.75, 3.05) is 29.6 Å². The molecule has 0 radical (unpaired) electrons. The Balaban J connectivity index is 1.35. The van der Waals surface area contributed by atoms with Crippen molar-refractivity contribution in [3.63, 3.8) is 0 Å². The Kier molecular flexibility index (Phi) is 5.49. The molecule has 1 saturated heterocycles. The molecule has 1 aliphatic rings. The third kappa shape index (κ3) is 4.40. The first-order chi connectivity index (χ1) is 15.8. The van der Waals surface area contributed by atoms with Gasteiger partial charge in [-0.25, -0.2) is 22.3 Å². The minimum absolute atomic E-state index is 0.0606. The molecule has 1 fully saturated rings. The number of hydrogen-bond acceptors (Lipinski definition) is 9. The Hall–Kier alpha value is -3.12. The van der Waals surface area contributed by atoms with Gasteiger partial charge in [-0.3, -0.25) is 0 Å². The van der Waals surface area contributed by atoms with Crippen LogP contribution in [0.4, 0.5) is 15.5 Å². The molecular weight excluding hydrogens is 465 g/mol. The van der Waals surface area contributed by atoms with Crippen LogP contribution in [-0.4, -0.2) is 57.8 Å². The van der Waals surface area contributed by atoms with Crippen LogP contribution in [0.3, 0.4) is 0 Å². The summed E-state index contributed by atoms with van der Waals surface area (Å²) in [5.41, 5.74) is 1.30. The monoisotopic (exact) mass is 487 g/mol. The molecular formula is C21H22FN7O2S2. The number of hydrogen-bond donors (Lipinski definition) is 1. The van der Waals surface area contributed by atoms with E-state index in [1.807, 2.05) is 6.92 Å². The number of fused-ring (bicyclic) bond motifs is 1. The Morgan fingerprint density at radius 1 is 1.15 bits per heavy atom. The van der Waals surface area contributed by atoms with Crippen LogP contribution < -0.4 is 10.2 Å². The van der Waals surface area contributed by atoms with Crippen LogP contribution in [0, 0.1) is 12.7 Å². The number of benzene rings is 1. The van der Waals surface area contributed by atoms with Crippen molar-refractivity contribution in [2.24, 2.45) is 0 Å². The predicted molar refractivity (Wildman–Crippen MR) is 125 cm³/mol. The summed E-state index contributed by atoms with van der Waals surface area (Å²) in [4.78, 5) is 11.2. The van der Waals surface area contributed by atoms with E-state index in [9.17, 15) is 12.8 Å². The number of piperidine rings is 1. The zero-order valence-corrected chi connectivity index (χ0v) is 19.7. The standard InChI is InChI=1S/C21H22FN7O2S2/c1-13-23-21(32-27-13)28-10-7-14(8-11-28)24-20-25-19-17(4-3-9-29(19)26-20)16-6-5-15(12-18(16)22)33(2,30)31/h3-6,9,12,14H,7-8,10-11H2,1-2H3,(H,24,26). The minimum atomic E-state index is -3.49. The molecule has 172 valence electrons.